The molecule has 0 spiro atoms. The average molecular weight is 510 g/mol. The van der Waals surface area contributed by atoms with E-state index >= 15 is 0 Å². The molecule has 2 heterocycles. The number of hydrogen-bond acceptors (Lipinski definition) is 6. The van der Waals surface area contributed by atoms with Crippen molar-refractivity contribution in [2.45, 2.75) is 26.1 Å². The number of carbonyl (C=O) groups is 1. The van der Waals surface area contributed by atoms with Crippen LogP contribution in [0.2, 0.25) is 0 Å². The van der Waals surface area contributed by atoms with E-state index < -0.39 is 17.8 Å². The molecule has 192 valence electrons. The molecule has 1 atom stereocenters. The van der Waals surface area contributed by atoms with Crippen molar-refractivity contribution in [3.8, 4) is 16.9 Å². The van der Waals surface area contributed by atoms with E-state index in [1.165, 1.54) is 11.0 Å². The molecule has 4 rings (SSSR count). The van der Waals surface area contributed by atoms with Gasteiger partial charge in [0.2, 0.25) is 0 Å². The Morgan fingerprint density at radius 1 is 1.08 bits per heavy atom. The lowest BCUT2D eigenvalue weighted by atomic mass is 10.0. The van der Waals surface area contributed by atoms with Crippen molar-refractivity contribution >= 4 is 22.6 Å². The van der Waals surface area contributed by atoms with Crippen molar-refractivity contribution in [2.24, 2.45) is 0 Å². The van der Waals surface area contributed by atoms with E-state index in [-0.39, 0.29) is 5.91 Å². The van der Waals surface area contributed by atoms with Crippen LogP contribution in [0.5, 0.6) is 5.75 Å². The third-order valence-corrected chi connectivity index (χ3v) is 5.90. The second-order valence-corrected chi connectivity index (χ2v) is 8.81. The average Bonchev–Trinajstić information content (AvgIpc) is 2.87. The van der Waals surface area contributed by atoms with Crippen LogP contribution < -0.4 is 10.1 Å². The molecule has 1 amide bonds. The number of halogens is 3. The Balaban J connectivity index is 1.76. The number of alkyl halides is 3. The molecule has 4 aromatic rings. The minimum Gasteiger partial charge on any atom is -0.496 e. The summed E-state index contributed by atoms with van der Waals surface area (Å²) in [4.78, 5) is 27.0. The van der Waals surface area contributed by atoms with Crippen LogP contribution in [0, 0.1) is 6.92 Å². The molecular weight excluding hydrogens is 483 g/mol. The summed E-state index contributed by atoms with van der Waals surface area (Å²) in [6.07, 6.45) is -2.84. The number of benzene rings is 2. The van der Waals surface area contributed by atoms with E-state index in [0.717, 1.165) is 12.1 Å². The van der Waals surface area contributed by atoms with Gasteiger partial charge in [0.15, 0.2) is 0 Å². The predicted octanol–water partition coefficient (Wildman–Crippen LogP) is 5.90. The third kappa shape index (κ3) is 5.47. The monoisotopic (exact) mass is 509 g/mol. The van der Waals surface area contributed by atoms with Gasteiger partial charge in [-0.05, 0) is 43.7 Å². The number of rotatable bonds is 6. The number of carbonyl (C=O) groups excluding carboxylic acids is 1. The van der Waals surface area contributed by atoms with E-state index in [1.54, 1.807) is 65.5 Å². The first-order valence-electron chi connectivity index (χ1n) is 11.5. The van der Waals surface area contributed by atoms with E-state index in [9.17, 15) is 18.0 Å². The van der Waals surface area contributed by atoms with Crippen LogP contribution in [0.1, 0.15) is 40.4 Å². The van der Waals surface area contributed by atoms with E-state index in [2.05, 4.69) is 20.3 Å². The van der Waals surface area contributed by atoms with Gasteiger partial charge in [0.25, 0.3) is 5.91 Å². The summed E-state index contributed by atoms with van der Waals surface area (Å²) >= 11 is 0. The molecule has 0 aliphatic rings. The standard InChI is InChI=1S/C27H26F3N5O2/c1-15(17-7-6-8-19(11-17)27(28,29)30)32-25-21-12-20(24(37-5)13-23(21)33-16(2)34-25)18-9-10-22(31-14-18)26(36)35(3)4/h6-15H,1-5H3,(H,32,33,34)/t15-/m1/s1. The predicted molar refractivity (Wildman–Crippen MR) is 136 cm³/mol. The minimum absolute atomic E-state index is 0.212. The van der Waals surface area contributed by atoms with Crippen LogP contribution >= 0.6 is 0 Å². The Hall–Kier alpha value is -4.21. The fourth-order valence-corrected chi connectivity index (χ4v) is 3.96. The maximum Gasteiger partial charge on any atom is 0.416 e. The fraction of sp³-hybridized carbons (Fsp3) is 0.259. The van der Waals surface area contributed by atoms with Crippen LogP contribution in [0.25, 0.3) is 22.0 Å². The number of aromatic nitrogens is 3. The summed E-state index contributed by atoms with van der Waals surface area (Å²) in [7, 11) is 4.85. The van der Waals surface area contributed by atoms with E-state index in [4.69, 9.17) is 4.74 Å². The van der Waals surface area contributed by atoms with Crippen molar-refractivity contribution in [2.75, 3.05) is 26.5 Å². The molecule has 1 N–H and O–H groups in total. The first-order valence-corrected chi connectivity index (χ1v) is 11.5. The molecule has 7 nitrogen and oxygen atoms in total. The highest BCUT2D eigenvalue weighted by Gasteiger charge is 2.30. The van der Waals surface area contributed by atoms with Crippen molar-refractivity contribution < 1.29 is 22.7 Å². The van der Waals surface area contributed by atoms with Gasteiger partial charge in [0.1, 0.15) is 23.1 Å². The lowest BCUT2D eigenvalue weighted by molar-refractivity contribution is -0.137. The third-order valence-electron chi connectivity index (χ3n) is 5.90. The summed E-state index contributed by atoms with van der Waals surface area (Å²) < 4.78 is 45.3. The zero-order valence-corrected chi connectivity index (χ0v) is 21.0. The van der Waals surface area contributed by atoms with Gasteiger partial charge in [-0.1, -0.05) is 18.2 Å². The number of anilines is 1. The lowest BCUT2D eigenvalue weighted by Crippen LogP contribution is -2.22. The smallest absolute Gasteiger partial charge is 0.416 e. The van der Waals surface area contributed by atoms with Gasteiger partial charge in [-0.15, -0.1) is 0 Å². The molecule has 10 heteroatoms. The van der Waals surface area contributed by atoms with Gasteiger partial charge >= 0.3 is 6.18 Å². The van der Waals surface area contributed by atoms with Gasteiger partial charge in [0.05, 0.1) is 18.2 Å². The van der Waals surface area contributed by atoms with Gasteiger partial charge < -0.3 is 15.0 Å². The summed E-state index contributed by atoms with van der Waals surface area (Å²) in [5.41, 5.74) is 2.10. The summed E-state index contributed by atoms with van der Waals surface area (Å²) in [5, 5.41) is 3.91. The Bertz CT molecular complexity index is 1450. The molecule has 0 fully saturated rings. The zero-order chi connectivity index (χ0) is 26.9. The quantitative estimate of drug-likeness (QED) is 0.349. The largest absolute Gasteiger partial charge is 0.496 e. The fourth-order valence-electron chi connectivity index (χ4n) is 3.96. The van der Waals surface area contributed by atoms with Crippen LogP contribution in [0.3, 0.4) is 0 Å². The maximum atomic E-state index is 13.2. The van der Waals surface area contributed by atoms with Crippen LogP contribution in [0.15, 0.2) is 54.7 Å². The Morgan fingerprint density at radius 3 is 2.46 bits per heavy atom. The van der Waals surface area contributed by atoms with Gasteiger partial charge in [0, 0.05) is 48.9 Å². The molecule has 37 heavy (non-hydrogen) atoms. The normalized spacial score (nSPS) is 12.3. The highest BCUT2D eigenvalue weighted by Crippen LogP contribution is 2.37. The highest BCUT2D eigenvalue weighted by molar-refractivity contribution is 5.96. The second kappa shape index (κ2) is 10.0. The van der Waals surface area contributed by atoms with Crippen LogP contribution in [0.4, 0.5) is 19.0 Å². The maximum absolute atomic E-state index is 13.2. The molecule has 0 aliphatic carbocycles. The highest BCUT2D eigenvalue weighted by atomic mass is 19.4. The first kappa shape index (κ1) is 25.9. The number of nitrogens with zero attached hydrogens (tertiary/aromatic N) is 4. The molecule has 0 saturated carbocycles. The lowest BCUT2D eigenvalue weighted by Gasteiger charge is -2.19. The summed E-state index contributed by atoms with van der Waals surface area (Å²) in [5.74, 6) is 1.31. The van der Waals surface area contributed by atoms with Crippen molar-refractivity contribution in [1.82, 2.24) is 19.9 Å². The SMILES string of the molecule is COc1cc2nc(C)nc(N[C@H](C)c3cccc(C(F)(F)F)c3)c2cc1-c1ccc(C(=O)N(C)C)nc1. The number of hydrogen-bond donors (Lipinski definition) is 1. The number of pyridine rings is 1. The summed E-state index contributed by atoms with van der Waals surface area (Å²) in [6, 6.07) is 11.8. The molecule has 0 bridgehead atoms. The van der Waals surface area contributed by atoms with E-state index in [1.807, 2.05) is 6.07 Å². The Kier molecular flexibility index (Phi) is 7.02. The van der Waals surface area contributed by atoms with Crippen LogP contribution in [-0.4, -0.2) is 47.0 Å². The van der Waals surface area contributed by atoms with Crippen molar-refractivity contribution in [3.05, 3.63) is 77.4 Å². The number of fused-ring (bicyclic) bond motifs is 1. The molecule has 0 unspecified atom stereocenters. The molecule has 2 aromatic carbocycles. The number of nitrogens with one attached hydrogen (secondary N) is 1. The number of methoxy groups -OCH3 is 1. The van der Waals surface area contributed by atoms with Crippen LogP contribution in [-0.2, 0) is 6.18 Å². The van der Waals surface area contributed by atoms with Gasteiger partial charge in [-0.2, -0.15) is 13.2 Å². The Morgan fingerprint density at radius 2 is 1.84 bits per heavy atom. The number of amides is 1. The molecule has 2 aromatic heterocycles. The molecule has 0 radical (unpaired) electrons. The van der Waals surface area contributed by atoms with E-state index in [0.29, 0.717) is 50.7 Å². The van der Waals surface area contributed by atoms with Crippen molar-refractivity contribution in [1.29, 1.82) is 0 Å². The van der Waals surface area contributed by atoms with Gasteiger partial charge in [-0.25, -0.2) is 9.97 Å². The van der Waals surface area contributed by atoms with Gasteiger partial charge in [-0.3, -0.25) is 9.78 Å². The zero-order valence-electron chi connectivity index (χ0n) is 21.0. The minimum atomic E-state index is -4.43. The first-order chi connectivity index (χ1) is 17.5. The summed E-state index contributed by atoms with van der Waals surface area (Å²) in [6.45, 7) is 3.51. The molecule has 0 aliphatic heterocycles. The number of aryl methyl sites for hydroxylation is 1. The topological polar surface area (TPSA) is 80.2 Å². The molecule has 0 saturated heterocycles. The second-order valence-electron chi connectivity index (χ2n) is 8.81. The Labute approximate surface area is 212 Å². The number of ether oxygens (including phenoxy) is 1. The molecular formula is C27H26F3N5O2. The van der Waals surface area contributed by atoms with Crippen molar-refractivity contribution in [3.63, 3.8) is 0 Å².